The summed E-state index contributed by atoms with van der Waals surface area (Å²) < 4.78 is 11.2. The molecule has 2 aromatic carbocycles. The number of ether oxygens (including phenoxy) is 1. The molecule has 0 bridgehead atoms. The molecule has 1 saturated heterocycles. The first-order valence-corrected chi connectivity index (χ1v) is 10.3. The fraction of sp³-hybridized carbons (Fsp3) is 0.269. The molecule has 4 heteroatoms. The fourth-order valence-electron chi connectivity index (χ4n) is 4.06. The summed E-state index contributed by atoms with van der Waals surface area (Å²) in [5.74, 6) is 0.755. The maximum absolute atomic E-state index is 10.1. The lowest BCUT2D eigenvalue weighted by Gasteiger charge is -2.38. The quantitative estimate of drug-likeness (QED) is 0.523. The molecule has 4 rings (SSSR count). The zero-order valence-electron chi connectivity index (χ0n) is 17.1. The minimum Gasteiger partial charge on any atom is -0.488 e. The van der Waals surface area contributed by atoms with E-state index in [1.807, 2.05) is 24.3 Å². The van der Waals surface area contributed by atoms with E-state index in [1.54, 1.807) is 18.6 Å². The van der Waals surface area contributed by atoms with Crippen LogP contribution in [0.4, 0.5) is 0 Å². The van der Waals surface area contributed by atoms with Gasteiger partial charge in [-0.25, -0.2) is 0 Å². The van der Waals surface area contributed by atoms with Crippen LogP contribution in [-0.4, -0.2) is 18.0 Å². The second-order valence-corrected chi connectivity index (χ2v) is 7.83. The van der Waals surface area contributed by atoms with E-state index in [9.17, 15) is 5.26 Å². The van der Waals surface area contributed by atoms with Gasteiger partial charge in [0.05, 0.1) is 24.0 Å². The van der Waals surface area contributed by atoms with Crippen LogP contribution in [-0.2, 0) is 18.6 Å². The summed E-state index contributed by atoms with van der Waals surface area (Å²) in [5.41, 5.74) is 3.75. The first-order valence-electron chi connectivity index (χ1n) is 10.3. The lowest BCUT2D eigenvalue weighted by Crippen LogP contribution is -2.41. The van der Waals surface area contributed by atoms with Crippen molar-refractivity contribution < 1.29 is 9.15 Å². The van der Waals surface area contributed by atoms with Crippen molar-refractivity contribution in [3.8, 4) is 11.8 Å². The van der Waals surface area contributed by atoms with Crippen LogP contribution in [0.2, 0.25) is 0 Å². The molecule has 1 fully saturated rings. The minimum absolute atomic E-state index is 0.422. The molecule has 0 amide bonds. The molecule has 0 aliphatic carbocycles. The third-order valence-electron chi connectivity index (χ3n) is 5.93. The molecule has 3 aromatic rings. The molecule has 0 radical (unpaired) electrons. The average molecular weight is 399 g/mol. The lowest BCUT2D eigenvalue weighted by atomic mass is 9.73. The van der Waals surface area contributed by atoms with Crippen molar-refractivity contribution >= 4 is 6.08 Å². The van der Waals surface area contributed by atoms with Crippen LogP contribution in [0.1, 0.15) is 35.1 Å². The predicted molar refractivity (Wildman–Crippen MR) is 118 cm³/mol. The Balaban J connectivity index is 1.49. The predicted octanol–water partition coefficient (Wildman–Crippen LogP) is 5.56. The molecular weight excluding hydrogens is 372 g/mol. The number of benzene rings is 2. The first-order chi connectivity index (χ1) is 14.7. The number of hydrogen-bond donors (Lipinski definition) is 0. The van der Waals surface area contributed by atoms with E-state index in [4.69, 9.17) is 9.15 Å². The molecular formula is C26H26N2O2. The molecule has 2 heterocycles. The van der Waals surface area contributed by atoms with Gasteiger partial charge in [-0.05, 0) is 36.1 Å². The van der Waals surface area contributed by atoms with Crippen LogP contribution in [0.25, 0.3) is 6.08 Å². The molecule has 0 saturated carbocycles. The summed E-state index contributed by atoms with van der Waals surface area (Å²) in [6, 6.07) is 21.1. The van der Waals surface area contributed by atoms with E-state index < -0.39 is 5.41 Å². The van der Waals surface area contributed by atoms with E-state index in [1.165, 1.54) is 5.56 Å². The summed E-state index contributed by atoms with van der Waals surface area (Å²) in [7, 11) is 0. The van der Waals surface area contributed by atoms with Gasteiger partial charge in [0.1, 0.15) is 12.4 Å². The number of rotatable bonds is 7. The number of nitrogens with zero attached hydrogens (tertiary/aromatic N) is 2. The van der Waals surface area contributed by atoms with Crippen LogP contribution in [0.15, 0.2) is 78.1 Å². The zero-order chi connectivity index (χ0) is 20.8. The van der Waals surface area contributed by atoms with E-state index in [0.29, 0.717) is 6.61 Å². The number of likely N-dealkylation sites (tertiary alicyclic amines) is 1. The van der Waals surface area contributed by atoms with E-state index in [0.717, 1.165) is 54.9 Å². The highest BCUT2D eigenvalue weighted by atomic mass is 16.5. The molecule has 30 heavy (non-hydrogen) atoms. The third-order valence-corrected chi connectivity index (χ3v) is 5.93. The van der Waals surface area contributed by atoms with Gasteiger partial charge in [0.2, 0.25) is 0 Å². The van der Waals surface area contributed by atoms with Gasteiger partial charge in [0.15, 0.2) is 0 Å². The normalized spacial score (nSPS) is 16.0. The van der Waals surface area contributed by atoms with Gasteiger partial charge in [-0.3, -0.25) is 4.90 Å². The number of hydrogen-bond acceptors (Lipinski definition) is 4. The summed E-state index contributed by atoms with van der Waals surface area (Å²) in [6.07, 6.45) is 6.72. The van der Waals surface area contributed by atoms with Crippen molar-refractivity contribution in [3.05, 3.63) is 96.0 Å². The van der Waals surface area contributed by atoms with Crippen LogP contribution < -0.4 is 4.74 Å². The average Bonchev–Trinajstić information content (AvgIpc) is 3.33. The maximum atomic E-state index is 10.1. The Morgan fingerprint density at radius 1 is 1.10 bits per heavy atom. The highest BCUT2D eigenvalue weighted by molar-refractivity contribution is 5.58. The Hall–Kier alpha value is -3.29. The number of furan rings is 1. The van der Waals surface area contributed by atoms with Gasteiger partial charge in [0, 0.05) is 30.8 Å². The van der Waals surface area contributed by atoms with Crippen LogP contribution in [0.5, 0.6) is 5.75 Å². The van der Waals surface area contributed by atoms with Crippen molar-refractivity contribution in [2.45, 2.75) is 31.4 Å². The molecule has 1 aliphatic rings. The van der Waals surface area contributed by atoms with Crippen LogP contribution in [0, 0.1) is 11.3 Å². The fourth-order valence-corrected chi connectivity index (χ4v) is 4.06. The van der Waals surface area contributed by atoms with Crippen molar-refractivity contribution in [1.29, 1.82) is 5.26 Å². The van der Waals surface area contributed by atoms with Gasteiger partial charge in [-0.15, -0.1) is 0 Å². The smallest absolute Gasteiger partial charge is 0.127 e. The van der Waals surface area contributed by atoms with Crippen molar-refractivity contribution in [2.75, 3.05) is 13.1 Å². The number of nitriles is 1. The lowest BCUT2D eigenvalue weighted by molar-refractivity contribution is 0.179. The first kappa shape index (κ1) is 20.0. The Bertz CT molecular complexity index is 1010. The molecule has 1 aromatic heterocycles. The highest BCUT2D eigenvalue weighted by Crippen LogP contribution is 2.38. The zero-order valence-corrected chi connectivity index (χ0v) is 17.1. The summed E-state index contributed by atoms with van der Waals surface area (Å²) >= 11 is 0. The summed E-state index contributed by atoms with van der Waals surface area (Å²) in [6.45, 7) is 7.04. The van der Waals surface area contributed by atoms with Crippen molar-refractivity contribution in [1.82, 2.24) is 4.90 Å². The Morgan fingerprint density at radius 2 is 1.90 bits per heavy atom. The van der Waals surface area contributed by atoms with Gasteiger partial charge in [-0.1, -0.05) is 55.1 Å². The van der Waals surface area contributed by atoms with Crippen LogP contribution >= 0.6 is 0 Å². The van der Waals surface area contributed by atoms with E-state index >= 15 is 0 Å². The monoisotopic (exact) mass is 398 g/mol. The maximum Gasteiger partial charge on any atom is 0.127 e. The Morgan fingerprint density at radius 3 is 2.57 bits per heavy atom. The third kappa shape index (κ3) is 4.32. The van der Waals surface area contributed by atoms with Crippen molar-refractivity contribution in [3.63, 3.8) is 0 Å². The van der Waals surface area contributed by atoms with Gasteiger partial charge in [-0.2, -0.15) is 5.26 Å². The Labute approximate surface area is 178 Å². The topological polar surface area (TPSA) is 49.4 Å². The van der Waals surface area contributed by atoms with Crippen LogP contribution in [0.3, 0.4) is 0 Å². The summed E-state index contributed by atoms with van der Waals surface area (Å²) in [5, 5.41) is 10.1. The van der Waals surface area contributed by atoms with Gasteiger partial charge >= 0.3 is 0 Å². The standard InChI is InChI=1S/C26H26N2O2/c1-2-23-8-9-24(16-25(23)30-19-22-10-15-29-18-22)26(20-27)11-13-28(14-12-26)17-21-6-4-3-5-7-21/h2-10,15-16,18H,1,11-14,17,19H2. The summed E-state index contributed by atoms with van der Waals surface area (Å²) in [4.78, 5) is 2.43. The number of piperidine rings is 1. The molecule has 1 aliphatic heterocycles. The molecule has 0 spiro atoms. The second kappa shape index (κ2) is 9.02. The van der Waals surface area contributed by atoms with Gasteiger partial charge in [0.25, 0.3) is 0 Å². The van der Waals surface area contributed by atoms with E-state index in [-0.39, 0.29) is 0 Å². The molecule has 4 nitrogen and oxygen atoms in total. The molecule has 152 valence electrons. The SMILES string of the molecule is C=Cc1ccc(C2(C#N)CCN(Cc3ccccc3)CC2)cc1OCc1ccoc1. The largest absolute Gasteiger partial charge is 0.488 e. The molecule has 0 N–H and O–H groups in total. The molecule has 0 unspecified atom stereocenters. The minimum atomic E-state index is -0.485. The highest BCUT2D eigenvalue weighted by Gasteiger charge is 2.37. The van der Waals surface area contributed by atoms with Crippen molar-refractivity contribution in [2.24, 2.45) is 0 Å². The van der Waals surface area contributed by atoms with E-state index in [2.05, 4.69) is 47.9 Å². The molecule has 0 atom stereocenters. The second-order valence-electron chi connectivity index (χ2n) is 7.83. The Kier molecular flexibility index (Phi) is 6.02. The van der Waals surface area contributed by atoms with Gasteiger partial charge < -0.3 is 9.15 Å².